The molecule has 2 aliphatic rings. The molecule has 0 spiro atoms. The molecule has 116 valence electrons. The Bertz CT molecular complexity index is 491. The summed E-state index contributed by atoms with van der Waals surface area (Å²) in [5.74, 6) is 0.888. The Balaban J connectivity index is 1.78. The first-order chi connectivity index (χ1) is 9.95. The number of nitrogens with zero attached hydrogens (tertiary/aromatic N) is 1. The zero-order chi connectivity index (χ0) is 15.1. The highest BCUT2D eigenvalue weighted by Gasteiger charge is 2.48. The van der Waals surface area contributed by atoms with Crippen molar-refractivity contribution in [3.63, 3.8) is 0 Å². The summed E-state index contributed by atoms with van der Waals surface area (Å²) in [4.78, 5) is 2.73. The van der Waals surface area contributed by atoms with Gasteiger partial charge in [0.15, 0.2) is 0 Å². The highest BCUT2D eigenvalue weighted by atomic mass is 15.3. The number of nitrogens with one attached hydrogen (secondary N) is 1. The molecule has 1 aliphatic carbocycles. The van der Waals surface area contributed by atoms with E-state index in [0.717, 1.165) is 19.0 Å². The second kappa shape index (κ2) is 5.40. The lowest BCUT2D eigenvalue weighted by Gasteiger charge is -2.52. The summed E-state index contributed by atoms with van der Waals surface area (Å²) < 4.78 is 0. The van der Waals surface area contributed by atoms with Crippen molar-refractivity contribution in [2.24, 2.45) is 5.92 Å². The van der Waals surface area contributed by atoms with Crippen LogP contribution in [0.25, 0.3) is 0 Å². The van der Waals surface area contributed by atoms with Crippen molar-refractivity contribution in [2.45, 2.75) is 64.6 Å². The van der Waals surface area contributed by atoms with E-state index in [0.29, 0.717) is 5.54 Å². The molecule has 0 bridgehead atoms. The van der Waals surface area contributed by atoms with Crippen molar-refractivity contribution in [3.8, 4) is 0 Å². The summed E-state index contributed by atoms with van der Waals surface area (Å²) in [5.41, 5.74) is 3.39. The minimum absolute atomic E-state index is 0.277. The van der Waals surface area contributed by atoms with Gasteiger partial charge >= 0.3 is 0 Å². The van der Waals surface area contributed by atoms with Crippen molar-refractivity contribution in [2.75, 3.05) is 13.1 Å². The smallest absolute Gasteiger partial charge is 0.0309 e. The van der Waals surface area contributed by atoms with E-state index < -0.39 is 0 Å². The van der Waals surface area contributed by atoms with Crippen LogP contribution in [0, 0.1) is 12.8 Å². The molecule has 2 atom stereocenters. The minimum Gasteiger partial charge on any atom is -0.308 e. The van der Waals surface area contributed by atoms with Crippen LogP contribution in [0.15, 0.2) is 24.3 Å². The Kier molecular flexibility index (Phi) is 3.87. The van der Waals surface area contributed by atoms with Crippen LogP contribution in [0.5, 0.6) is 0 Å². The molecule has 1 aromatic carbocycles. The fourth-order valence-corrected chi connectivity index (χ4v) is 3.65. The predicted octanol–water partition coefficient (Wildman–Crippen LogP) is 3.74. The van der Waals surface area contributed by atoms with Crippen molar-refractivity contribution < 1.29 is 0 Å². The van der Waals surface area contributed by atoms with Gasteiger partial charge in [-0.2, -0.15) is 0 Å². The van der Waals surface area contributed by atoms with E-state index in [1.165, 1.54) is 36.9 Å². The summed E-state index contributed by atoms with van der Waals surface area (Å²) in [6.45, 7) is 12.7. The number of hydrogen-bond donors (Lipinski definition) is 1. The summed E-state index contributed by atoms with van der Waals surface area (Å²) in [6.07, 6.45) is 4.02. The molecule has 1 saturated heterocycles. The van der Waals surface area contributed by atoms with Gasteiger partial charge in [-0.15, -0.1) is 0 Å². The molecule has 1 saturated carbocycles. The molecule has 21 heavy (non-hydrogen) atoms. The van der Waals surface area contributed by atoms with Crippen molar-refractivity contribution in [1.29, 1.82) is 0 Å². The Hall–Kier alpha value is -0.860. The molecule has 2 heteroatoms. The Labute approximate surface area is 129 Å². The molecule has 3 rings (SSSR count). The van der Waals surface area contributed by atoms with Crippen LogP contribution in [0.1, 0.15) is 51.2 Å². The van der Waals surface area contributed by atoms with Gasteiger partial charge < -0.3 is 5.32 Å². The maximum absolute atomic E-state index is 3.88. The largest absolute Gasteiger partial charge is 0.308 e. The van der Waals surface area contributed by atoms with Crippen molar-refractivity contribution >= 4 is 0 Å². The highest BCUT2D eigenvalue weighted by molar-refractivity contribution is 5.22. The Morgan fingerprint density at radius 3 is 2.43 bits per heavy atom. The van der Waals surface area contributed by atoms with Gasteiger partial charge in [-0.05, 0) is 51.5 Å². The van der Waals surface area contributed by atoms with E-state index in [1.807, 2.05) is 0 Å². The standard InChI is InChI=1S/C19H30N2/c1-5-18(3)13-20-19(4,17-10-11-17)14-21(18)12-16-8-6-15(2)7-9-16/h6-9,17,20H,5,10-14H2,1-4H3. The summed E-state index contributed by atoms with van der Waals surface area (Å²) in [7, 11) is 0. The average molecular weight is 286 g/mol. The lowest BCUT2D eigenvalue weighted by atomic mass is 9.84. The highest BCUT2D eigenvalue weighted by Crippen LogP contribution is 2.43. The van der Waals surface area contributed by atoms with Crippen molar-refractivity contribution in [1.82, 2.24) is 10.2 Å². The van der Waals surface area contributed by atoms with E-state index in [2.05, 4.69) is 62.2 Å². The van der Waals surface area contributed by atoms with E-state index in [-0.39, 0.29) is 5.54 Å². The number of piperazine rings is 1. The molecule has 2 unspecified atom stereocenters. The number of benzene rings is 1. The molecule has 0 aromatic heterocycles. The topological polar surface area (TPSA) is 15.3 Å². The molecule has 1 aromatic rings. The molecular formula is C19H30N2. The predicted molar refractivity (Wildman–Crippen MR) is 89.4 cm³/mol. The fraction of sp³-hybridized carbons (Fsp3) is 0.684. The number of aryl methyl sites for hydroxylation is 1. The third-order valence-electron chi connectivity index (χ3n) is 5.89. The van der Waals surface area contributed by atoms with Gasteiger partial charge in [-0.1, -0.05) is 36.8 Å². The first-order valence-electron chi connectivity index (χ1n) is 8.51. The summed E-state index contributed by atoms with van der Waals surface area (Å²) in [5, 5.41) is 3.88. The normalized spacial score (nSPS) is 34.1. The van der Waals surface area contributed by atoms with E-state index >= 15 is 0 Å². The third kappa shape index (κ3) is 3.02. The first-order valence-corrected chi connectivity index (χ1v) is 8.51. The van der Waals surface area contributed by atoms with Gasteiger partial charge in [0.1, 0.15) is 0 Å². The monoisotopic (exact) mass is 286 g/mol. The zero-order valence-electron chi connectivity index (χ0n) is 14.1. The minimum atomic E-state index is 0.277. The van der Waals surface area contributed by atoms with E-state index in [1.54, 1.807) is 0 Å². The molecule has 2 nitrogen and oxygen atoms in total. The van der Waals surface area contributed by atoms with Crippen molar-refractivity contribution in [3.05, 3.63) is 35.4 Å². The lowest BCUT2D eigenvalue weighted by molar-refractivity contribution is 0.00425. The van der Waals surface area contributed by atoms with E-state index in [9.17, 15) is 0 Å². The van der Waals surface area contributed by atoms with Gasteiger partial charge in [0, 0.05) is 30.7 Å². The molecule has 2 fully saturated rings. The lowest BCUT2D eigenvalue weighted by Crippen LogP contribution is -2.68. The quantitative estimate of drug-likeness (QED) is 0.907. The SMILES string of the molecule is CCC1(C)CNC(C)(C2CC2)CN1Cc1ccc(C)cc1. The Morgan fingerprint density at radius 2 is 1.86 bits per heavy atom. The average Bonchev–Trinajstić information content (AvgIpc) is 3.31. The Morgan fingerprint density at radius 1 is 1.19 bits per heavy atom. The van der Waals surface area contributed by atoms with Crippen LogP contribution in [-0.2, 0) is 6.54 Å². The fourth-order valence-electron chi connectivity index (χ4n) is 3.65. The third-order valence-corrected chi connectivity index (χ3v) is 5.89. The molecular weight excluding hydrogens is 256 g/mol. The molecule has 1 aliphatic heterocycles. The molecule has 0 radical (unpaired) electrons. The van der Waals surface area contributed by atoms with Crippen LogP contribution >= 0.6 is 0 Å². The van der Waals surface area contributed by atoms with Gasteiger partial charge in [0.05, 0.1) is 0 Å². The van der Waals surface area contributed by atoms with Gasteiger partial charge in [0.2, 0.25) is 0 Å². The van der Waals surface area contributed by atoms with Crippen LogP contribution < -0.4 is 5.32 Å². The van der Waals surface area contributed by atoms with Gasteiger partial charge in [-0.25, -0.2) is 0 Å². The summed E-state index contributed by atoms with van der Waals surface area (Å²) in [6, 6.07) is 9.06. The van der Waals surface area contributed by atoms with Gasteiger partial charge in [0.25, 0.3) is 0 Å². The second-order valence-corrected chi connectivity index (χ2v) is 7.74. The second-order valence-electron chi connectivity index (χ2n) is 7.74. The molecule has 1 heterocycles. The number of hydrogen-bond acceptors (Lipinski definition) is 2. The van der Waals surface area contributed by atoms with Crippen LogP contribution in [0.2, 0.25) is 0 Å². The van der Waals surface area contributed by atoms with E-state index in [4.69, 9.17) is 0 Å². The zero-order valence-corrected chi connectivity index (χ0v) is 14.1. The number of rotatable bonds is 4. The van der Waals surface area contributed by atoms with Crippen LogP contribution in [0.4, 0.5) is 0 Å². The van der Waals surface area contributed by atoms with Crippen LogP contribution in [-0.4, -0.2) is 29.1 Å². The van der Waals surface area contributed by atoms with Crippen LogP contribution in [0.3, 0.4) is 0 Å². The van der Waals surface area contributed by atoms with Gasteiger partial charge in [-0.3, -0.25) is 4.90 Å². The molecule has 1 N–H and O–H groups in total. The molecule has 0 amide bonds. The maximum atomic E-state index is 3.88. The summed E-state index contributed by atoms with van der Waals surface area (Å²) >= 11 is 0. The first kappa shape index (κ1) is 15.1. The maximum Gasteiger partial charge on any atom is 0.0309 e.